The minimum atomic E-state index is -0.377. The predicted molar refractivity (Wildman–Crippen MR) is 130 cm³/mol. The number of amides is 1. The van der Waals surface area contributed by atoms with Crippen LogP contribution < -0.4 is 10.2 Å². The Morgan fingerprint density at radius 2 is 2.12 bits per heavy atom. The first kappa shape index (κ1) is 22.4. The number of aromatic hydroxyl groups is 1. The molecule has 0 bridgehead atoms. The van der Waals surface area contributed by atoms with Crippen LogP contribution in [0.15, 0.2) is 42.5 Å². The first-order chi connectivity index (χ1) is 16.6. The number of phenolic OH excluding ortho intramolecular Hbond substituents is 1. The number of nitrogens with one attached hydrogen (secondary N) is 1. The quantitative estimate of drug-likeness (QED) is 0.591. The van der Waals surface area contributed by atoms with Crippen LogP contribution in [0.1, 0.15) is 24.8 Å². The van der Waals surface area contributed by atoms with Crippen molar-refractivity contribution in [2.24, 2.45) is 5.92 Å². The van der Waals surface area contributed by atoms with Gasteiger partial charge in [0.25, 0.3) is 0 Å². The number of hydrogen-bond acceptors (Lipinski definition) is 7. The highest BCUT2D eigenvalue weighted by Gasteiger charge is 2.25. The van der Waals surface area contributed by atoms with Gasteiger partial charge < -0.3 is 24.8 Å². The van der Waals surface area contributed by atoms with Crippen molar-refractivity contribution >= 4 is 22.8 Å². The van der Waals surface area contributed by atoms with Crippen LogP contribution in [0.2, 0.25) is 0 Å². The topological polar surface area (TPSA) is 96.8 Å². The largest absolute Gasteiger partial charge is 0.507 e. The Morgan fingerprint density at radius 1 is 1.24 bits per heavy atom. The number of aryl methyl sites for hydroxylation is 1. The third-order valence-electron chi connectivity index (χ3n) is 6.49. The summed E-state index contributed by atoms with van der Waals surface area (Å²) in [4.78, 5) is 24.1. The summed E-state index contributed by atoms with van der Waals surface area (Å²) < 4.78 is 10.7. The Bertz CT molecular complexity index is 1180. The second-order valence-electron chi connectivity index (χ2n) is 9.13. The van der Waals surface area contributed by atoms with Crippen molar-refractivity contribution in [3.8, 4) is 17.1 Å². The van der Waals surface area contributed by atoms with Gasteiger partial charge in [-0.2, -0.15) is 0 Å². The van der Waals surface area contributed by atoms with Crippen molar-refractivity contribution in [3.05, 3.63) is 48.0 Å². The number of carbonyl (C=O) groups excluding carboxylic acids is 1. The van der Waals surface area contributed by atoms with E-state index in [-0.39, 0.29) is 23.9 Å². The summed E-state index contributed by atoms with van der Waals surface area (Å²) in [5.41, 5.74) is 2.58. The van der Waals surface area contributed by atoms with Gasteiger partial charge in [0.15, 0.2) is 5.82 Å². The summed E-state index contributed by atoms with van der Waals surface area (Å²) >= 11 is 0. The Kier molecular flexibility index (Phi) is 6.49. The van der Waals surface area contributed by atoms with Crippen LogP contribution in [-0.2, 0) is 9.47 Å². The van der Waals surface area contributed by atoms with Crippen molar-refractivity contribution in [1.82, 2.24) is 15.3 Å². The van der Waals surface area contributed by atoms with E-state index in [1.54, 1.807) is 12.1 Å². The van der Waals surface area contributed by atoms with E-state index >= 15 is 0 Å². The number of nitrogens with zero attached hydrogens (tertiary/aromatic N) is 3. The molecule has 1 amide bonds. The summed E-state index contributed by atoms with van der Waals surface area (Å²) in [6, 6.07) is 13.3. The first-order valence-electron chi connectivity index (χ1n) is 11.9. The van der Waals surface area contributed by atoms with Crippen LogP contribution in [-0.4, -0.2) is 60.1 Å². The Hall–Kier alpha value is -3.39. The molecule has 1 aromatic heterocycles. The Morgan fingerprint density at radius 3 is 2.94 bits per heavy atom. The SMILES string of the molecule is Cc1ccc2c(N3CCC[C@@H](CNC(=O)OC4CCOC4)C3)nc(-c3ccccc3O)nc2c1. The van der Waals surface area contributed by atoms with Crippen LogP contribution >= 0.6 is 0 Å². The van der Waals surface area contributed by atoms with E-state index in [4.69, 9.17) is 19.4 Å². The van der Waals surface area contributed by atoms with Gasteiger partial charge in [-0.25, -0.2) is 14.8 Å². The highest BCUT2D eigenvalue weighted by molar-refractivity contribution is 5.92. The van der Waals surface area contributed by atoms with Gasteiger partial charge in [-0.05, 0) is 55.5 Å². The summed E-state index contributed by atoms with van der Waals surface area (Å²) in [7, 11) is 0. The lowest BCUT2D eigenvalue weighted by molar-refractivity contribution is 0.0821. The molecule has 0 radical (unpaired) electrons. The first-order valence-corrected chi connectivity index (χ1v) is 11.9. The molecule has 3 aromatic rings. The van der Waals surface area contributed by atoms with Crippen molar-refractivity contribution < 1.29 is 19.4 Å². The molecular weight excluding hydrogens is 432 g/mol. The number of aromatic nitrogens is 2. The third-order valence-corrected chi connectivity index (χ3v) is 6.49. The number of fused-ring (bicyclic) bond motifs is 1. The molecule has 5 rings (SSSR count). The molecule has 3 heterocycles. The minimum absolute atomic E-state index is 0.147. The lowest BCUT2D eigenvalue weighted by Crippen LogP contribution is -2.42. The van der Waals surface area contributed by atoms with E-state index in [0.29, 0.717) is 31.1 Å². The number of benzene rings is 2. The van der Waals surface area contributed by atoms with Gasteiger partial charge in [0.2, 0.25) is 0 Å². The molecule has 0 aliphatic carbocycles. The molecule has 8 heteroatoms. The molecule has 2 atom stereocenters. The number of para-hydroxylation sites is 1. The fourth-order valence-corrected chi connectivity index (χ4v) is 4.70. The fraction of sp³-hybridized carbons (Fsp3) is 0.423. The van der Waals surface area contributed by atoms with E-state index in [2.05, 4.69) is 28.4 Å². The van der Waals surface area contributed by atoms with Gasteiger partial charge in [0, 0.05) is 31.4 Å². The molecule has 8 nitrogen and oxygen atoms in total. The molecule has 0 saturated carbocycles. The van der Waals surface area contributed by atoms with Crippen LogP contribution in [0.5, 0.6) is 5.75 Å². The van der Waals surface area contributed by atoms with Crippen molar-refractivity contribution in [2.75, 3.05) is 37.7 Å². The average molecular weight is 463 g/mol. The normalized spacial score (nSPS) is 20.4. The second-order valence-corrected chi connectivity index (χ2v) is 9.13. The molecule has 2 saturated heterocycles. The van der Waals surface area contributed by atoms with Gasteiger partial charge >= 0.3 is 6.09 Å². The molecule has 178 valence electrons. The standard InChI is InChI=1S/C26H30N4O4/c1-17-8-9-20-22(13-17)28-24(21-6-2-3-7-23(21)31)29-25(20)30-11-4-5-18(15-30)14-27-26(32)34-19-10-12-33-16-19/h2-3,6-9,13,18-19,31H,4-5,10-12,14-16H2,1H3,(H,27,32)/t18-,19?/m0/s1. The average Bonchev–Trinajstić information content (AvgIpc) is 3.35. The van der Waals surface area contributed by atoms with Gasteiger partial charge in [-0.1, -0.05) is 18.2 Å². The van der Waals surface area contributed by atoms with E-state index in [1.165, 1.54) is 0 Å². The number of phenols is 1. The highest BCUT2D eigenvalue weighted by Crippen LogP contribution is 2.33. The second kappa shape index (κ2) is 9.85. The van der Waals surface area contributed by atoms with Gasteiger partial charge in [0.05, 0.1) is 24.3 Å². The number of alkyl carbamates (subject to hydrolysis) is 1. The van der Waals surface area contributed by atoms with Gasteiger partial charge in [-0.15, -0.1) is 0 Å². The number of carbonyl (C=O) groups is 1. The molecule has 2 aliphatic heterocycles. The van der Waals surface area contributed by atoms with Crippen molar-refractivity contribution in [3.63, 3.8) is 0 Å². The number of piperidine rings is 1. The molecule has 1 unspecified atom stereocenters. The molecular formula is C26H30N4O4. The smallest absolute Gasteiger partial charge is 0.407 e. The summed E-state index contributed by atoms with van der Waals surface area (Å²) in [6.07, 6.45) is 2.26. The maximum atomic E-state index is 12.2. The van der Waals surface area contributed by atoms with Crippen LogP contribution in [0, 0.1) is 12.8 Å². The molecule has 0 spiro atoms. The third kappa shape index (κ3) is 4.92. The predicted octanol–water partition coefficient (Wildman–Crippen LogP) is 4.04. The Balaban J connectivity index is 1.37. The van der Waals surface area contributed by atoms with Crippen molar-refractivity contribution in [1.29, 1.82) is 0 Å². The summed E-state index contributed by atoms with van der Waals surface area (Å²) in [6.45, 7) is 5.36. The lowest BCUT2D eigenvalue weighted by Gasteiger charge is -2.34. The molecule has 2 aliphatic rings. The maximum absolute atomic E-state index is 12.2. The van der Waals surface area contributed by atoms with Gasteiger partial charge in [-0.3, -0.25) is 0 Å². The van der Waals surface area contributed by atoms with E-state index in [9.17, 15) is 9.90 Å². The fourth-order valence-electron chi connectivity index (χ4n) is 4.70. The molecule has 34 heavy (non-hydrogen) atoms. The molecule has 2 N–H and O–H groups in total. The molecule has 2 aromatic carbocycles. The number of anilines is 1. The number of rotatable bonds is 5. The number of ether oxygens (including phenoxy) is 2. The zero-order valence-corrected chi connectivity index (χ0v) is 19.4. The monoisotopic (exact) mass is 462 g/mol. The van der Waals surface area contributed by atoms with Crippen LogP contribution in [0.3, 0.4) is 0 Å². The summed E-state index contributed by atoms with van der Waals surface area (Å²) in [5, 5.41) is 14.3. The van der Waals surface area contributed by atoms with Crippen molar-refractivity contribution in [2.45, 2.75) is 32.3 Å². The van der Waals surface area contributed by atoms with E-state index in [0.717, 1.165) is 54.6 Å². The van der Waals surface area contributed by atoms with Crippen LogP contribution in [0.4, 0.5) is 10.6 Å². The maximum Gasteiger partial charge on any atom is 0.407 e. The summed E-state index contributed by atoms with van der Waals surface area (Å²) in [5.74, 6) is 1.81. The zero-order chi connectivity index (χ0) is 23.5. The lowest BCUT2D eigenvalue weighted by atomic mass is 9.97. The number of hydrogen-bond donors (Lipinski definition) is 2. The van der Waals surface area contributed by atoms with Gasteiger partial charge in [0.1, 0.15) is 17.7 Å². The minimum Gasteiger partial charge on any atom is -0.507 e. The highest BCUT2D eigenvalue weighted by atomic mass is 16.6. The zero-order valence-electron chi connectivity index (χ0n) is 19.4. The van der Waals surface area contributed by atoms with E-state index < -0.39 is 0 Å². The Labute approximate surface area is 198 Å². The van der Waals surface area contributed by atoms with Crippen LogP contribution in [0.25, 0.3) is 22.3 Å². The molecule has 2 fully saturated rings. The van der Waals surface area contributed by atoms with E-state index in [1.807, 2.05) is 19.1 Å².